The lowest BCUT2D eigenvalue weighted by molar-refractivity contribution is 0.0954. The first-order chi connectivity index (χ1) is 9.95. The SMILES string of the molecule is CC(C)c1cc(C(=O)NCCc2ccc(Br)s2)cc(Cl)n1. The summed E-state index contributed by atoms with van der Waals surface area (Å²) >= 11 is 11.1. The number of carbonyl (C=O) groups excluding carboxylic acids is 1. The van der Waals surface area contributed by atoms with E-state index in [9.17, 15) is 4.79 Å². The molecular formula is C15H16BrClN2OS. The third-order valence-corrected chi connectivity index (χ3v) is 4.83. The number of hydrogen-bond acceptors (Lipinski definition) is 3. The van der Waals surface area contributed by atoms with Gasteiger partial charge in [-0.15, -0.1) is 11.3 Å². The lowest BCUT2D eigenvalue weighted by atomic mass is 10.1. The van der Waals surface area contributed by atoms with E-state index in [1.165, 1.54) is 4.88 Å². The van der Waals surface area contributed by atoms with Crippen molar-refractivity contribution in [2.75, 3.05) is 6.54 Å². The lowest BCUT2D eigenvalue weighted by Gasteiger charge is -2.09. The third kappa shape index (κ3) is 4.80. The van der Waals surface area contributed by atoms with Gasteiger partial charge in [0.25, 0.3) is 5.91 Å². The first kappa shape index (κ1) is 16.5. The molecule has 112 valence electrons. The van der Waals surface area contributed by atoms with Crippen molar-refractivity contribution in [3.8, 4) is 0 Å². The molecule has 2 rings (SSSR count). The highest BCUT2D eigenvalue weighted by atomic mass is 79.9. The molecule has 2 heterocycles. The Hall–Kier alpha value is -0.910. The predicted molar refractivity (Wildman–Crippen MR) is 91.4 cm³/mol. The maximum absolute atomic E-state index is 12.2. The highest BCUT2D eigenvalue weighted by Gasteiger charge is 2.11. The number of nitrogens with one attached hydrogen (secondary N) is 1. The highest BCUT2D eigenvalue weighted by molar-refractivity contribution is 9.11. The molecule has 2 aromatic heterocycles. The Morgan fingerprint density at radius 2 is 2.19 bits per heavy atom. The molecule has 0 radical (unpaired) electrons. The first-order valence-corrected chi connectivity index (χ1v) is 8.64. The van der Waals surface area contributed by atoms with Gasteiger partial charge in [-0.25, -0.2) is 4.98 Å². The Kier molecular flexibility index (Phi) is 5.79. The van der Waals surface area contributed by atoms with Crippen molar-refractivity contribution in [1.29, 1.82) is 0 Å². The van der Waals surface area contributed by atoms with E-state index in [0.717, 1.165) is 15.9 Å². The van der Waals surface area contributed by atoms with Crippen molar-refractivity contribution in [2.45, 2.75) is 26.2 Å². The van der Waals surface area contributed by atoms with Gasteiger partial charge >= 0.3 is 0 Å². The van der Waals surface area contributed by atoms with Crippen molar-refractivity contribution >= 4 is 44.8 Å². The van der Waals surface area contributed by atoms with Gasteiger partial charge in [0, 0.05) is 22.7 Å². The van der Waals surface area contributed by atoms with Gasteiger partial charge < -0.3 is 5.32 Å². The number of nitrogens with zero attached hydrogens (tertiary/aromatic N) is 1. The molecule has 6 heteroatoms. The Balaban J connectivity index is 1.96. The minimum absolute atomic E-state index is 0.114. The average molecular weight is 388 g/mol. The Morgan fingerprint density at radius 1 is 1.43 bits per heavy atom. The van der Waals surface area contributed by atoms with Crippen LogP contribution in [0.1, 0.15) is 40.7 Å². The van der Waals surface area contributed by atoms with E-state index in [1.807, 2.05) is 19.9 Å². The number of hydrogen-bond donors (Lipinski definition) is 1. The fraction of sp³-hybridized carbons (Fsp3) is 0.333. The highest BCUT2D eigenvalue weighted by Crippen LogP contribution is 2.22. The fourth-order valence-electron chi connectivity index (χ4n) is 1.83. The van der Waals surface area contributed by atoms with Gasteiger partial charge in [0.15, 0.2) is 0 Å². The van der Waals surface area contributed by atoms with E-state index < -0.39 is 0 Å². The molecular weight excluding hydrogens is 372 g/mol. The van der Waals surface area contributed by atoms with Crippen LogP contribution in [0.4, 0.5) is 0 Å². The zero-order valence-corrected chi connectivity index (χ0v) is 15.0. The van der Waals surface area contributed by atoms with Gasteiger partial charge in [-0.3, -0.25) is 4.79 Å². The normalized spacial score (nSPS) is 10.9. The summed E-state index contributed by atoms with van der Waals surface area (Å²) in [5, 5.41) is 3.27. The second kappa shape index (κ2) is 7.38. The quantitative estimate of drug-likeness (QED) is 0.758. The molecule has 0 aromatic carbocycles. The van der Waals surface area contributed by atoms with Crippen LogP contribution in [-0.2, 0) is 6.42 Å². The molecule has 0 aliphatic carbocycles. The third-order valence-electron chi connectivity index (χ3n) is 2.95. The molecule has 0 unspecified atom stereocenters. The summed E-state index contributed by atoms with van der Waals surface area (Å²) in [5.74, 6) is 0.121. The molecule has 3 nitrogen and oxygen atoms in total. The summed E-state index contributed by atoms with van der Waals surface area (Å²) in [6, 6.07) is 7.47. The summed E-state index contributed by atoms with van der Waals surface area (Å²) in [6.45, 7) is 4.65. The van der Waals surface area contributed by atoms with E-state index in [2.05, 4.69) is 32.3 Å². The van der Waals surface area contributed by atoms with Crippen LogP contribution in [0.15, 0.2) is 28.1 Å². The van der Waals surface area contributed by atoms with Crippen molar-refractivity contribution in [3.63, 3.8) is 0 Å². The number of amides is 1. The maximum Gasteiger partial charge on any atom is 0.251 e. The second-order valence-corrected chi connectivity index (χ2v) is 7.90. The van der Waals surface area contributed by atoms with Crippen LogP contribution in [0.5, 0.6) is 0 Å². The fourth-order valence-corrected chi connectivity index (χ4v) is 3.53. The topological polar surface area (TPSA) is 42.0 Å². The van der Waals surface area contributed by atoms with Gasteiger partial charge in [-0.1, -0.05) is 25.4 Å². The Bertz CT molecular complexity index is 642. The smallest absolute Gasteiger partial charge is 0.251 e. The van der Waals surface area contributed by atoms with E-state index >= 15 is 0 Å². The summed E-state index contributed by atoms with van der Waals surface area (Å²) < 4.78 is 1.10. The Labute approximate surface area is 141 Å². The molecule has 1 N–H and O–H groups in total. The lowest BCUT2D eigenvalue weighted by Crippen LogP contribution is -2.25. The largest absolute Gasteiger partial charge is 0.352 e. The van der Waals surface area contributed by atoms with Crippen LogP contribution < -0.4 is 5.32 Å². The van der Waals surface area contributed by atoms with Crippen molar-refractivity contribution < 1.29 is 4.79 Å². The number of carbonyl (C=O) groups is 1. The van der Waals surface area contributed by atoms with Crippen LogP contribution in [0.3, 0.4) is 0 Å². The molecule has 0 spiro atoms. The van der Waals surface area contributed by atoms with Crippen LogP contribution in [0.25, 0.3) is 0 Å². The number of aromatic nitrogens is 1. The second-order valence-electron chi connectivity index (χ2n) is 4.97. The van der Waals surface area contributed by atoms with Crippen LogP contribution in [0, 0.1) is 0 Å². The molecule has 0 fully saturated rings. The zero-order valence-electron chi connectivity index (χ0n) is 11.8. The molecule has 0 aliphatic heterocycles. The molecule has 0 saturated heterocycles. The molecule has 2 aromatic rings. The minimum Gasteiger partial charge on any atom is -0.352 e. The molecule has 0 saturated carbocycles. The Morgan fingerprint density at radius 3 is 2.81 bits per heavy atom. The van der Waals surface area contributed by atoms with Gasteiger partial charge in [0.05, 0.1) is 3.79 Å². The van der Waals surface area contributed by atoms with E-state index in [1.54, 1.807) is 23.5 Å². The summed E-state index contributed by atoms with van der Waals surface area (Å²) in [6.07, 6.45) is 0.817. The summed E-state index contributed by atoms with van der Waals surface area (Å²) in [4.78, 5) is 17.6. The summed E-state index contributed by atoms with van der Waals surface area (Å²) in [5.41, 5.74) is 1.39. The first-order valence-electron chi connectivity index (χ1n) is 6.65. The number of halogens is 2. The number of pyridine rings is 1. The standard InChI is InChI=1S/C15H16BrClN2OS/c1-9(2)12-7-10(8-14(17)19-12)15(20)18-6-5-11-3-4-13(16)21-11/h3-4,7-9H,5-6H2,1-2H3,(H,18,20). The predicted octanol–water partition coefficient (Wildman–Crippen LogP) is 4.65. The minimum atomic E-state index is -0.114. The number of thiophene rings is 1. The van der Waals surface area contributed by atoms with Crippen LogP contribution in [0.2, 0.25) is 5.15 Å². The van der Waals surface area contributed by atoms with Crippen molar-refractivity contribution in [2.24, 2.45) is 0 Å². The molecule has 1 amide bonds. The van der Waals surface area contributed by atoms with E-state index in [-0.39, 0.29) is 11.8 Å². The van der Waals surface area contributed by atoms with Crippen molar-refractivity contribution in [1.82, 2.24) is 10.3 Å². The van der Waals surface area contributed by atoms with Crippen LogP contribution >= 0.6 is 38.9 Å². The molecule has 21 heavy (non-hydrogen) atoms. The van der Waals surface area contributed by atoms with E-state index in [0.29, 0.717) is 17.3 Å². The molecule has 0 bridgehead atoms. The molecule has 0 atom stereocenters. The zero-order chi connectivity index (χ0) is 15.4. The van der Waals surface area contributed by atoms with Gasteiger partial charge in [-0.05, 0) is 52.5 Å². The van der Waals surface area contributed by atoms with Crippen molar-refractivity contribution in [3.05, 3.63) is 49.3 Å². The molecule has 0 aliphatic rings. The monoisotopic (exact) mass is 386 g/mol. The van der Waals surface area contributed by atoms with Gasteiger partial charge in [-0.2, -0.15) is 0 Å². The average Bonchev–Trinajstić information content (AvgIpc) is 2.83. The van der Waals surface area contributed by atoms with Gasteiger partial charge in [0.1, 0.15) is 5.15 Å². The number of rotatable bonds is 5. The van der Waals surface area contributed by atoms with Gasteiger partial charge in [0.2, 0.25) is 0 Å². The van der Waals surface area contributed by atoms with E-state index in [4.69, 9.17) is 11.6 Å². The summed E-state index contributed by atoms with van der Waals surface area (Å²) in [7, 11) is 0. The van der Waals surface area contributed by atoms with Crippen LogP contribution in [-0.4, -0.2) is 17.4 Å². The maximum atomic E-state index is 12.2.